The summed E-state index contributed by atoms with van der Waals surface area (Å²) in [5, 5.41) is 25.0. The molecule has 0 atom stereocenters. The van der Waals surface area contributed by atoms with Gasteiger partial charge in [0.05, 0.1) is 25.4 Å². The third kappa shape index (κ3) is 11.7. The van der Waals surface area contributed by atoms with Crippen molar-refractivity contribution >= 4 is 0 Å². The number of nitrogens with zero attached hydrogens (tertiary/aromatic N) is 1. The molecule has 0 aromatic rings. The first-order valence-corrected chi connectivity index (χ1v) is 4.92. The Bertz CT molecular complexity index is 122. The maximum Gasteiger partial charge on any atom is 0.0856 e. The first-order chi connectivity index (χ1) is 6.95. The van der Waals surface area contributed by atoms with E-state index in [1.165, 1.54) is 0 Å². The number of aliphatic hydroxyl groups excluding tert-OH is 3. The fraction of sp³-hybridized carbons (Fsp3) is 1.00. The Hall–Kier alpha value is -0.240. The van der Waals surface area contributed by atoms with Crippen molar-refractivity contribution in [3.05, 3.63) is 0 Å². The van der Waals surface area contributed by atoms with Gasteiger partial charge in [-0.1, -0.05) is 0 Å². The highest BCUT2D eigenvalue weighted by molar-refractivity contribution is 4.80. The Balaban J connectivity index is 0. The number of rotatable bonds is 6. The molecule has 0 aliphatic heterocycles. The minimum Gasteiger partial charge on any atom is -0.394 e. The van der Waals surface area contributed by atoms with Crippen LogP contribution in [0.1, 0.15) is 6.42 Å². The fourth-order valence-electron chi connectivity index (χ4n) is 0.558. The number of hydrogen-bond donors (Lipinski definition) is 5. The maximum absolute atomic E-state index is 8.34. The molecular formula is C9H25N3O3. The van der Waals surface area contributed by atoms with Gasteiger partial charge in [-0.15, -0.1) is 0 Å². The zero-order valence-corrected chi connectivity index (χ0v) is 9.69. The SMILES string of the molecule is CN(C)CCCN.NC(CO)(CO)CO. The summed E-state index contributed by atoms with van der Waals surface area (Å²) in [7, 11) is 4.10. The number of aliphatic hydroxyl groups is 3. The average Bonchev–Trinajstić information content (AvgIpc) is 2.26. The van der Waals surface area contributed by atoms with Crippen molar-refractivity contribution in [3.63, 3.8) is 0 Å². The molecule has 15 heavy (non-hydrogen) atoms. The second-order valence-electron chi connectivity index (χ2n) is 3.78. The fourth-order valence-corrected chi connectivity index (χ4v) is 0.558. The monoisotopic (exact) mass is 223 g/mol. The van der Waals surface area contributed by atoms with Crippen LogP contribution in [0.2, 0.25) is 0 Å². The van der Waals surface area contributed by atoms with E-state index in [-0.39, 0.29) is 0 Å². The molecule has 0 amide bonds. The third-order valence-electron chi connectivity index (χ3n) is 1.75. The standard InChI is InChI=1S/C5H14N2.C4H11NO3/c1-7(2)5-3-4-6;5-4(1-6,2-7)3-8/h3-6H2,1-2H3;6-8H,1-3,5H2. The van der Waals surface area contributed by atoms with Gasteiger partial charge >= 0.3 is 0 Å². The molecule has 7 N–H and O–H groups in total. The molecule has 0 unspecified atom stereocenters. The zero-order chi connectivity index (χ0) is 12.3. The summed E-state index contributed by atoms with van der Waals surface area (Å²) in [6.45, 7) is 0.703. The minimum atomic E-state index is -1.21. The van der Waals surface area contributed by atoms with E-state index in [9.17, 15) is 0 Å². The van der Waals surface area contributed by atoms with Crippen LogP contribution in [-0.2, 0) is 0 Å². The highest BCUT2D eigenvalue weighted by Gasteiger charge is 2.20. The Morgan fingerprint density at radius 1 is 1.07 bits per heavy atom. The molecule has 0 spiro atoms. The van der Waals surface area contributed by atoms with Crippen molar-refractivity contribution in [1.29, 1.82) is 0 Å². The van der Waals surface area contributed by atoms with E-state index in [2.05, 4.69) is 19.0 Å². The lowest BCUT2D eigenvalue weighted by molar-refractivity contribution is 0.0698. The van der Waals surface area contributed by atoms with Gasteiger partial charge in [-0.3, -0.25) is 0 Å². The lowest BCUT2D eigenvalue weighted by Gasteiger charge is -2.20. The van der Waals surface area contributed by atoms with Crippen LogP contribution >= 0.6 is 0 Å². The van der Waals surface area contributed by atoms with E-state index in [1.54, 1.807) is 0 Å². The molecule has 0 bridgehead atoms. The van der Waals surface area contributed by atoms with E-state index in [0.717, 1.165) is 19.5 Å². The molecule has 0 aliphatic rings. The molecular weight excluding hydrogens is 198 g/mol. The first kappa shape index (κ1) is 17.2. The van der Waals surface area contributed by atoms with Crippen LogP contribution in [0.15, 0.2) is 0 Å². The Morgan fingerprint density at radius 2 is 1.47 bits per heavy atom. The highest BCUT2D eigenvalue weighted by Crippen LogP contribution is 1.93. The molecule has 0 aromatic heterocycles. The van der Waals surface area contributed by atoms with Crippen LogP contribution in [0.25, 0.3) is 0 Å². The molecule has 6 heteroatoms. The van der Waals surface area contributed by atoms with Crippen LogP contribution in [0.4, 0.5) is 0 Å². The molecule has 0 saturated heterocycles. The third-order valence-corrected chi connectivity index (χ3v) is 1.75. The van der Waals surface area contributed by atoms with Crippen LogP contribution in [0.3, 0.4) is 0 Å². The first-order valence-electron chi connectivity index (χ1n) is 4.92. The van der Waals surface area contributed by atoms with Gasteiger partial charge in [-0.25, -0.2) is 0 Å². The Morgan fingerprint density at radius 3 is 1.53 bits per heavy atom. The molecule has 0 aromatic carbocycles. The summed E-state index contributed by atoms with van der Waals surface area (Å²) in [6.07, 6.45) is 1.10. The van der Waals surface area contributed by atoms with Crippen molar-refractivity contribution in [2.45, 2.75) is 12.0 Å². The van der Waals surface area contributed by atoms with Gasteiger partial charge in [0.2, 0.25) is 0 Å². The van der Waals surface area contributed by atoms with Gasteiger partial charge in [0.1, 0.15) is 0 Å². The van der Waals surface area contributed by atoms with E-state index in [1.807, 2.05) is 0 Å². The van der Waals surface area contributed by atoms with Gasteiger partial charge in [-0.05, 0) is 33.6 Å². The zero-order valence-electron chi connectivity index (χ0n) is 9.69. The minimum absolute atomic E-state index is 0.403. The van der Waals surface area contributed by atoms with Crippen molar-refractivity contribution in [2.75, 3.05) is 47.0 Å². The smallest absolute Gasteiger partial charge is 0.0856 e. The lowest BCUT2D eigenvalue weighted by Crippen LogP contribution is -2.50. The molecule has 0 heterocycles. The number of nitrogens with two attached hydrogens (primary N) is 2. The summed E-state index contributed by atoms with van der Waals surface area (Å²) >= 11 is 0. The molecule has 94 valence electrons. The lowest BCUT2D eigenvalue weighted by atomic mass is 10.1. The highest BCUT2D eigenvalue weighted by atomic mass is 16.3. The summed E-state index contributed by atoms with van der Waals surface area (Å²) in [5.74, 6) is 0. The topological polar surface area (TPSA) is 116 Å². The van der Waals surface area contributed by atoms with Crippen molar-refractivity contribution < 1.29 is 15.3 Å². The summed E-state index contributed by atoms with van der Waals surface area (Å²) in [4.78, 5) is 2.13. The van der Waals surface area contributed by atoms with Gasteiger partial charge in [0.25, 0.3) is 0 Å². The van der Waals surface area contributed by atoms with Crippen molar-refractivity contribution in [2.24, 2.45) is 11.5 Å². The Kier molecular flexibility index (Phi) is 11.8. The molecule has 0 aliphatic carbocycles. The van der Waals surface area contributed by atoms with E-state index in [0.29, 0.717) is 0 Å². The van der Waals surface area contributed by atoms with Crippen LogP contribution in [0.5, 0.6) is 0 Å². The van der Waals surface area contributed by atoms with E-state index < -0.39 is 25.4 Å². The van der Waals surface area contributed by atoms with Crippen molar-refractivity contribution in [1.82, 2.24) is 4.90 Å². The largest absolute Gasteiger partial charge is 0.394 e. The summed E-state index contributed by atoms with van der Waals surface area (Å²) in [6, 6.07) is 0. The van der Waals surface area contributed by atoms with Gasteiger partial charge in [0, 0.05) is 0 Å². The van der Waals surface area contributed by atoms with Crippen LogP contribution in [-0.4, -0.2) is 72.8 Å². The predicted molar refractivity (Wildman–Crippen MR) is 60.4 cm³/mol. The molecule has 0 rings (SSSR count). The second kappa shape index (κ2) is 10.3. The van der Waals surface area contributed by atoms with Gasteiger partial charge in [-0.2, -0.15) is 0 Å². The predicted octanol–water partition coefficient (Wildman–Crippen LogP) is -2.44. The van der Waals surface area contributed by atoms with Gasteiger partial charge in [0.15, 0.2) is 0 Å². The van der Waals surface area contributed by atoms with Crippen LogP contribution in [0, 0.1) is 0 Å². The summed E-state index contributed by atoms with van der Waals surface area (Å²) in [5.41, 5.74) is 9.19. The normalized spacial score (nSPS) is 11.2. The number of hydrogen-bond acceptors (Lipinski definition) is 6. The van der Waals surface area contributed by atoms with E-state index >= 15 is 0 Å². The van der Waals surface area contributed by atoms with Crippen LogP contribution < -0.4 is 11.5 Å². The Labute approximate surface area is 91.5 Å². The quantitative estimate of drug-likeness (QED) is 0.341. The molecule has 0 saturated carbocycles. The summed E-state index contributed by atoms with van der Waals surface area (Å²) < 4.78 is 0. The van der Waals surface area contributed by atoms with Gasteiger partial charge < -0.3 is 31.7 Å². The molecule has 0 radical (unpaired) electrons. The molecule has 0 fully saturated rings. The second-order valence-corrected chi connectivity index (χ2v) is 3.78. The van der Waals surface area contributed by atoms with Crippen molar-refractivity contribution in [3.8, 4) is 0 Å². The molecule has 6 nitrogen and oxygen atoms in total. The average molecular weight is 223 g/mol. The maximum atomic E-state index is 8.34. The van der Waals surface area contributed by atoms with E-state index in [4.69, 9.17) is 26.8 Å².